The van der Waals surface area contributed by atoms with Gasteiger partial charge in [0.2, 0.25) is 5.91 Å². The highest BCUT2D eigenvalue weighted by molar-refractivity contribution is 5.78. The molecule has 2 N–H and O–H groups in total. The van der Waals surface area contributed by atoms with Gasteiger partial charge in [0.1, 0.15) is 0 Å². The first-order valence-electron chi connectivity index (χ1n) is 7.63. The second-order valence-corrected chi connectivity index (χ2v) is 6.37. The minimum Gasteiger partial charge on any atom is -0.396 e. The van der Waals surface area contributed by atoms with Gasteiger partial charge in [-0.3, -0.25) is 9.69 Å². The van der Waals surface area contributed by atoms with Gasteiger partial charge in [-0.15, -0.1) is 0 Å². The molecule has 0 aromatic rings. The van der Waals surface area contributed by atoms with Gasteiger partial charge in [0, 0.05) is 19.2 Å². The minimum absolute atomic E-state index is 0.121. The number of hydrogen-bond donors (Lipinski definition) is 2. The summed E-state index contributed by atoms with van der Waals surface area (Å²) in [6.07, 6.45) is 4.47. The zero-order valence-electron chi connectivity index (χ0n) is 12.7. The number of rotatable bonds is 8. The van der Waals surface area contributed by atoms with Crippen LogP contribution in [-0.4, -0.2) is 48.2 Å². The van der Waals surface area contributed by atoms with Gasteiger partial charge in [0.25, 0.3) is 0 Å². The zero-order valence-corrected chi connectivity index (χ0v) is 12.7. The summed E-state index contributed by atoms with van der Waals surface area (Å²) in [5, 5.41) is 12.1. The molecular weight excluding hydrogens is 240 g/mol. The molecule has 0 bridgehead atoms. The molecule has 0 saturated carbocycles. The fourth-order valence-corrected chi connectivity index (χ4v) is 2.63. The van der Waals surface area contributed by atoms with Crippen LogP contribution in [0.3, 0.4) is 0 Å². The molecule has 1 amide bonds. The number of nitrogens with one attached hydrogen (secondary N) is 1. The van der Waals surface area contributed by atoms with E-state index in [0.29, 0.717) is 12.5 Å². The number of aliphatic hydroxyl groups is 1. The predicted octanol–water partition coefficient (Wildman–Crippen LogP) is 1.63. The molecule has 4 nitrogen and oxygen atoms in total. The number of nitrogens with zero attached hydrogens (tertiary/aromatic N) is 1. The van der Waals surface area contributed by atoms with Crippen molar-refractivity contribution in [2.45, 2.75) is 52.5 Å². The number of carbonyl (C=O) groups excluding carboxylic acids is 1. The quantitative estimate of drug-likeness (QED) is 0.705. The van der Waals surface area contributed by atoms with Gasteiger partial charge in [-0.25, -0.2) is 0 Å². The standard InChI is InChI=1S/C15H30N2O2/c1-12(2)5-4-6-13(3)16-15(19)10-17-8-7-14(9-17)11-18/h12-14,18H,4-11H2,1-3H3,(H,16,19). The Morgan fingerprint density at radius 3 is 2.68 bits per heavy atom. The zero-order chi connectivity index (χ0) is 14.3. The average molecular weight is 270 g/mol. The normalized spacial score (nSPS) is 21.8. The predicted molar refractivity (Wildman–Crippen MR) is 77.9 cm³/mol. The van der Waals surface area contributed by atoms with Crippen molar-refractivity contribution in [3.05, 3.63) is 0 Å². The molecule has 0 aliphatic carbocycles. The molecule has 2 atom stereocenters. The highest BCUT2D eigenvalue weighted by Crippen LogP contribution is 2.14. The Hall–Kier alpha value is -0.610. The molecule has 0 aromatic carbocycles. The monoisotopic (exact) mass is 270 g/mol. The van der Waals surface area contributed by atoms with Crippen LogP contribution in [0.15, 0.2) is 0 Å². The number of aliphatic hydroxyl groups excluding tert-OH is 1. The largest absolute Gasteiger partial charge is 0.396 e. The van der Waals surface area contributed by atoms with Gasteiger partial charge in [0.15, 0.2) is 0 Å². The maximum absolute atomic E-state index is 11.9. The van der Waals surface area contributed by atoms with Gasteiger partial charge in [-0.05, 0) is 38.1 Å². The number of amides is 1. The van der Waals surface area contributed by atoms with E-state index in [0.717, 1.165) is 31.8 Å². The van der Waals surface area contributed by atoms with E-state index >= 15 is 0 Å². The van der Waals surface area contributed by atoms with Gasteiger partial charge >= 0.3 is 0 Å². The van der Waals surface area contributed by atoms with Crippen molar-refractivity contribution in [2.75, 3.05) is 26.2 Å². The van der Waals surface area contributed by atoms with E-state index in [1.54, 1.807) is 0 Å². The summed E-state index contributed by atoms with van der Waals surface area (Å²) in [6.45, 7) is 9.04. The Morgan fingerprint density at radius 1 is 1.37 bits per heavy atom. The van der Waals surface area contributed by atoms with E-state index in [9.17, 15) is 4.79 Å². The molecule has 0 aromatic heterocycles. The first kappa shape index (κ1) is 16.4. The van der Waals surface area contributed by atoms with Crippen molar-refractivity contribution in [1.82, 2.24) is 10.2 Å². The van der Waals surface area contributed by atoms with E-state index in [4.69, 9.17) is 5.11 Å². The lowest BCUT2D eigenvalue weighted by Gasteiger charge is -2.18. The van der Waals surface area contributed by atoms with E-state index in [1.165, 1.54) is 12.8 Å². The fraction of sp³-hybridized carbons (Fsp3) is 0.933. The van der Waals surface area contributed by atoms with Crippen molar-refractivity contribution in [3.8, 4) is 0 Å². The number of hydrogen-bond acceptors (Lipinski definition) is 3. The lowest BCUT2D eigenvalue weighted by molar-refractivity contribution is -0.122. The molecule has 1 fully saturated rings. The van der Waals surface area contributed by atoms with Crippen LogP contribution in [0, 0.1) is 11.8 Å². The molecule has 19 heavy (non-hydrogen) atoms. The Balaban J connectivity index is 2.13. The van der Waals surface area contributed by atoms with Crippen LogP contribution >= 0.6 is 0 Å². The summed E-state index contributed by atoms with van der Waals surface area (Å²) < 4.78 is 0. The topological polar surface area (TPSA) is 52.6 Å². The minimum atomic E-state index is 0.121. The number of likely N-dealkylation sites (tertiary alicyclic amines) is 1. The van der Waals surface area contributed by atoms with E-state index in [-0.39, 0.29) is 18.6 Å². The molecule has 1 rings (SSSR count). The molecule has 1 aliphatic heterocycles. The average Bonchev–Trinajstić information content (AvgIpc) is 2.75. The number of carbonyl (C=O) groups is 1. The third-order valence-corrected chi connectivity index (χ3v) is 3.82. The first-order valence-corrected chi connectivity index (χ1v) is 7.63. The van der Waals surface area contributed by atoms with Crippen molar-refractivity contribution >= 4 is 5.91 Å². The van der Waals surface area contributed by atoms with Gasteiger partial charge in [0.05, 0.1) is 6.54 Å². The van der Waals surface area contributed by atoms with Crippen molar-refractivity contribution in [3.63, 3.8) is 0 Å². The second kappa shape index (κ2) is 8.54. The Bertz CT molecular complexity index is 269. The maximum atomic E-state index is 11.9. The van der Waals surface area contributed by atoms with Crippen LogP contribution in [0.5, 0.6) is 0 Å². The highest BCUT2D eigenvalue weighted by atomic mass is 16.3. The first-order chi connectivity index (χ1) is 9.01. The van der Waals surface area contributed by atoms with Gasteiger partial charge in [-0.2, -0.15) is 0 Å². The summed E-state index contributed by atoms with van der Waals surface area (Å²) in [4.78, 5) is 14.0. The van der Waals surface area contributed by atoms with Crippen LogP contribution in [0.1, 0.15) is 46.5 Å². The molecule has 0 spiro atoms. The molecule has 2 unspecified atom stereocenters. The molecule has 1 heterocycles. The Kier molecular flexibility index (Phi) is 7.39. The second-order valence-electron chi connectivity index (χ2n) is 6.37. The van der Waals surface area contributed by atoms with Gasteiger partial charge in [-0.1, -0.05) is 26.7 Å². The van der Waals surface area contributed by atoms with Crippen molar-refractivity contribution in [2.24, 2.45) is 11.8 Å². The van der Waals surface area contributed by atoms with E-state index < -0.39 is 0 Å². The lowest BCUT2D eigenvalue weighted by Crippen LogP contribution is -2.40. The molecule has 112 valence electrons. The smallest absolute Gasteiger partial charge is 0.234 e. The molecule has 0 radical (unpaired) electrons. The maximum Gasteiger partial charge on any atom is 0.234 e. The fourth-order valence-electron chi connectivity index (χ4n) is 2.63. The van der Waals surface area contributed by atoms with Crippen molar-refractivity contribution in [1.29, 1.82) is 0 Å². The van der Waals surface area contributed by atoms with Gasteiger partial charge < -0.3 is 10.4 Å². The Morgan fingerprint density at radius 2 is 2.11 bits per heavy atom. The van der Waals surface area contributed by atoms with Crippen LogP contribution in [-0.2, 0) is 4.79 Å². The van der Waals surface area contributed by atoms with Crippen LogP contribution < -0.4 is 5.32 Å². The lowest BCUT2D eigenvalue weighted by atomic mass is 10.0. The van der Waals surface area contributed by atoms with E-state index in [2.05, 4.69) is 31.0 Å². The van der Waals surface area contributed by atoms with Crippen LogP contribution in [0.2, 0.25) is 0 Å². The summed E-state index contributed by atoms with van der Waals surface area (Å²) >= 11 is 0. The molecule has 1 saturated heterocycles. The molecule has 1 aliphatic rings. The third kappa shape index (κ3) is 6.92. The SMILES string of the molecule is CC(C)CCCC(C)NC(=O)CN1CCC(CO)C1. The summed E-state index contributed by atoms with van der Waals surface area (Å²) in [5.74, 6) is 1.22. The van der Waals surface area contributed by atoms with E-state index in [1.807, 2.05) is 0 Å². The Labute approximate surface area is 117 Å². The molecular formula is C15H30N2O2. The third-order valence-electron chi connectivity index (χ3n) is 3.82. The summed E-state index contributed by atoms with van der Waals surface area (Å²) in [7, 11) is 0. The van der Waals surface area contributed by atoms with Crippen molar-refractivity contribution < 1.29 is 9.90 Å². The summed E-state index contributed by atoms with van der Waals surface area (Å²) in [6, 6.07) is 0.266. The highest BCUT2D eigenvalue weighted by Gasteiger charge is 2.23. The molecule has 4 heteroatoms. The summed E-state index contributed by atoms with van der Waals surface area (Å²) in [5.41, 5.74) is 0. The van der Waals surface area contributed by atoms with Crippen LogP contribution in [0.25, 0.3) is 0 Å². The van der Waals surface area contributed by atoms with Crippen LogP contribution in [0.4, 0.5) is 0 Å².